The minimum absolute atomic E-state index is 0.0272. The summed E-state index contributed by atoms with van der Waals surface area (Å²) < 4.78 is 43.0. The smallest absolute Gasteiger partial charge is 0.260 e. The summed E-state index contributed by atoms with van der Waals surface area (Å²) in [6.45, 7) is 0.869. The van der Waals surface area contributed by atoms with E-state index in [1.54, 1.807) is 6.92 Å². The van der Waals surface area contributed by atoms with Gasteiger partial charge in [-0.15, -0.1) is 0 Å². The molecule has 1 aliphatic heterocycles. The van der Waals surface area contributed by atoms with Crippen molar-refractivity contribution in [1.29, 1.82) is 0 Å². The number of amides is 2. The van der Waals surface area contributed by atoms with E-state index in [0.717, 1.165) is 4.90 Å². The van der Waals surface area contributed by atoms with Gasteiger partial charge in [-0.25, -0.2) is 13.2 Å². The molecule has 146 valence electrons. The minimum atomic E-state index is -3.13. The van der Waals surface area contributed by atoms with Gasteiger partial charge in [0.2, 0.25) is 5.91 Å². The van der Waals surface area contributed by atoms with Crippen molar-refractivity contribution in [2.75, 3.05) is 13.1 Å². The molecule has 0 radical (unpaired) electrons. The maximum atomic E-state index is 14.6. The van der Waals surface area contributed by atoms with E-state index in [9.17, 15) is 27.9 Å². The largest absolute Gasteiger partial charge is 0.390 e. The van der Waals surface area contributed by atoms with Crippen LogP contribution in [-0.2, 0) is 10.2 Å². The van der Waals surface area contributed by atoms with Crippen LogP contribution in [0.5, 0.6) is 0 Å². The normalized spacial score (nSPS) is 33.5. The van der Waals surface area contributed by atoms with E-state index < -0.39 is 47.5 Å². The van der Waals surface area contributed by atoms with Gasteiger partial charge >= 0.3 is 0 Å². The first-order valence-electron chi connectivity index (χ1n) is 8.63. The molecule has 0 saturated heterocycles. The van der Waals surface area contributed by atoms with Gasteiger partial charge in [0, 0.05) is 30.1 Å². The van der Waals surface area contributed by atoms with Crippen molar-refractivity contribution in [1.82, 2.24) is 10.2 Å². The Morgan fingerprint density at radius 3 is 2.59 bits per heavy atom. The number of halogens is 4. The summed E-state index contributed by atoms with van der Waals surface area (Å²) in [5.74, 6) is -5.10. The number of nitrogens with one attached hydrogen (secondary N) is 1. The van der Waals surface area contributed by atoms with E-state index in [1.807, 2.05) is 0 Å². The molecule has 4 rings (SSSR count). The van der Waals surface area contributed by atoms with Crippen molar-refractivity contribution in [3.63, 3.8) is 0 Å². The monoisotopic (exact) mass is 446 g/mol. The molecule has 2 saturated carbocycles. The summed E-state index contributed by atoms with van der Waals surface area (Å²) >= 11 is 2.99. The molecule has 1 heterocycles. The van der Waals surface area contributed by atoms with E-state index >= 15 is 0 Å². The van der Waals surface area contributed by atoms with Crippen LogP contribution in [0.4, 0.5) is 13.2 Å². The summed E-state index contributed by atoms with van der Waals surface area (Å²) in [4.78, 5) is 26.0. The van der Waals surface area contributed by atoms with Gasteiger partial charge in [-0.2, -0.15) is 0 Å². The fourth-order valence-corrected chi connectivity index (χ4v) is 4.63. The van der Waals surface area contributed by atoms with Crippen molar-refractivity contribution in [3.05, 3.63) is 33.5 Å². The number of rotatable bonds is 3. The third kappa shape index (κ3) is 2.86. The summed E-state index contributed by atoms with van der Waals surface area (Å²) in [6, 6.07) is 2.42. The van der Waals surface area contributed by atoms with Gasteiger partial charge in [-0.05, 0) is 47.8 Å². The molecule has 1 unspecified atom stereocenters. The lowest BCUT2D eigenvalue weighted by Gasteiger charge is -2.41. The van der Waals surface area contributed by atoms with Gasteiger partial charge in [0.05, 0.1) is 22.0 Å². The molecule has 0 aromatic heterocycles. The van der Waals surface area contributed by atoms with E-state index in [2.05, 4.69) is 21.2 Å². The molecular weight excluding hydrogens is 429 g/mol. The fraction of sp³-hybridized carbons (Fsp3) is 0.556. The molecule has 0 bridgehead atoms. The zero-order chi connectivity index (χ0) is 19.8. The van der Waals surface area contributed by atoms with Crippen molar-refractivity contribution >= 4 is 27.7 Å². The van der Waals surface area contributed by atoms with Crippen LogP contribution >= 0.6 is 15.9 Å². The minimum Gasteiger partial charge on any atom is -0.390 e. The third-order valence-corrected chi connectivity index (χ3v) is 6.34. The lowest BCUT2D eigenvalue weighted by Crippen LogP contribution is -2.56. The molecule has 1 atom stereocenters. The number of benzene rings is 1. The summed E-state index contributed by atoms with van der Waals surface area (Å²) in [5, 5.41) is 12.4. The van der Waals surface area contributed by atoms with Crippen LogP contribution in [0.15, 0.2) is 16.6 Å². The second kappa shape index (κ2) is 5.70. The van der Waals surface area contributed by atoms with Crippen LogP contribution in [0.25, 0.3) is 0 Å². The molecule has 2 N–H and O–H groups in total. The molecule has 1 spiro atoms. The topological polar surface area (TPSA) is 69.6 Å². The van der Waals surface area contributed by atoms with Gasteiger partial charge in [0.1, 0.15) is 5.82 Å². The number of nitrogens with zero attached hydrogens (tertiary/aromatic N) is 1. The van der Waals surface area contributed by atoms with Crippen molar-refractivity contribution < 1.29 is 27.9 Å². The average Bonchev–Trinajstić information content (AvgIpc) is 3.06. The molecule has 2 amide bonds. The highest BCUT2D eigenvalue weighted by atomic mass is 79.9. The van der Waals surface area contributed by atoms with Crippen molar-refractivity contribution in [2.45, 2.75) is 49.2 Å². The number of carbonyl (C=O) groups excluding carboxylic acids is 2. The lowest BCUT2D eigenvalue weighted by molar-refractivity contribution is -0.125. The number of hydrogen-bond acceptors (Lipinski definition) is 3. The highest BCUT2D eigenvalue weighted by molar-refractivity contribution is 9.10. The Morgan fingerprint density at radius 2 is 2.04 bits per heavy atom. The number of alkyl halides is 2. The van der Waals surface area contributed by atoms with Gasteiger partial charge in [-0.3, -0.25) is 9.59 Å². The van der Waals surface area contributed by atoms with Gasteiger partial charge in [-0.1, -0.05) is 0 Å². The first-order chi connectivity index (χ1) is 12.5. The highest BCUT2D eigenvalue weighted by Crippen LogP contribution is 2.64. The Hall–Kier alpha value is -1.61. The summed E-state index contributed by atoms with van der Waals surface area (Å²) in [7, 11) is 0. The lowest BCUT2D eigenvalue weighted by atomic mass is 9.77. The zero-order valence-electron chi connectivity index (χ0n) is 14.5. The number of fused-ring (bicyclic) bond motifs is 2. The Morgan fingerprint density at radius 1 is 1.41 bits per heavy atom. The number of carbonyl (C=O) groups is 2. The second-order valence-corrected chi connectivity index (χ2v) is 8.93. The number of aliphatic hydroxyl groups is 1. The standard InChI is InChI=1S/C18H18BrF3N2O3/c1-16(27)4-9(5-16)23-12(25)6-24-8-17(7-18(17,21)22)13-10(15(24)26)2-3-11(19)14(13)20/h2-3,9,27H,4-8H2,1H3,(H,23,25). The second-order valence-electron chi connectivity index (χ2n) is 8.08. The molecule has 2 fully saturated rings. The van der Waals surface area contributed by atoms with Crippen LogP contribution < -0.4 is 5.32 Å². The van der Waals surface area contributed by atoms with Gasteiger partial charge in [0.25, 0.3) is 11.8 Å². The summed E-state index contributed by atoms with van der Waals surface area (Å²) in [5.41, 5.74) is -3.00. The molecule has 2 aliphatic carbocycles. The Bertz CT molecular complexity index is 852. The maximum absolute atomic E-state index is 14.6. The van der Waals surface area contributed by atoms with Crippen LogP contribution in [0.3, 0.4) is 0 Å². The average molecular weight is 447 g/mol. The molecule has 1 aromatic carbocycles. The maximum Gasteiger partial charge on any atom is 0.260 e. The number of hydrogen-bond donors (Lipinski definition) is 2. The summed E-state index contributed by atoms with van der Waals surface area (Å²) in [6.07, 6.45) is 0.241. The molecule has 5 nitrogen and oxygen atoms in total. The first-order valence-corrected chi connectivity index (χ1v) is 9.42. The Labute approximate surface area is 162 Å². The zero-order valence-corrected chi connectivity index (χ0v) is 16.1. The van der Waals surface area contributed by atoms with Crippen LogP contribution in [-0.4, -0.2) is 52.5 Å². The first kappa shape index (κ1) is 18.7. The third-order valence-electron chi connectivity index (χ3n) is 5.72. The van der Waals surface area contributed by atoms with Crippen molar-refractivity contribution in [2.24, 2.45) is 0 Å². The predicted molar refractivity (Wildman–Crippen MR) is 93.0 cm³/mol. The van der Waals surface area contributed by atoms with E-state index in [4.69, 9.17) is 0 Å². The Kier molecular flexibility index (Phi) is 3.96. The van der Waals surface area contributed by atoms with Crippen molar-refractivity contribution in [3.8, 4) is 0 Å². The van der Waals surface area contributed by atoms with Gasteiger partial charge in [0.15, 0.2) is 0 Å². The van der Waals surface area contributed by atoms with Crippen LogP contribution in [0.2, 0.25) is 0 Å². The van der Waals surface area contributed by atoms with Crippen LogP contribution in [0.1, 0.15) is 42.1 Å². The highest BCUT2D eigenvalue weighted by Gasteiger charge is 2.75. The van der Waals surface area contributed by atoms with Crippen LogP contribution in [0, 0.1) is 5.82 Å². The fourth-order valence-electron chi connectivity index (χ4n) is 4.30. The van der Waals surface area contributed by atoms with E-state index in [-0.39, 0.29) is 28.2 Å². The molecule has 9 heteroatoms. The van der Waals surface area contributed by atoms with Gasteiger partial charge < -0.3 is 15.3 Å². The molecular formula is C18H18BrF3N2O3. The van der Waals surface area contributed by atoms with E-state index in [1.165, 1.54) is 12.1 Å². The molecule has 3 aliphatic rings. The quantitative estimate of drug-likeness (QED) is 0.748. The Balaban J connectivity index is 1.57. The van der Waals surface area contributed by atoms with E-state index in [0.29, 0.717) is 12.8 Å². The predicted octanol–water partition coefficient (Wildman–Crippen LogP) is 2.35. The molecule has 27 heavy (non-hydrogen) atoms. The molecule has 1 aromatic rings. The SMILES string of the molecule is CC1(O)CC(NC(=O)CN2CC3(CC3(F)F)c3c(ccc(Br)c3F)C2=O)C1.